The van der Waals surface area contributed by atoms with Gasteiger partial charge in [0, 0.05) is 63.3 Å². The molecule has 2 aromatic rings. The van der Waals surface area contributed by atoms with E-state index in [0.29, 0.717) is 44.7 Å². The van der Waals surface area contributed by atoms with E-state index >= 15 is 0 Å². The van der Waals surface area contributed by atoms with Gasteiger partial charge in [0.1, 0.15) is 17.6 Å². The fourth-order valence-electron chi connectivity index (χ4n) is 4.79. The first-order valence-electron chi connectivity index (χ1n) is 12.0. The van der Waals surface area contributed by atoms with Crippen molar-refractivity contribution in [3.63, 3.8) is 0 Å². The molecule has 196 valence electrons. The highest BCUT2D eigenvalue weighted by Crippen LogP contribution is 2.30. The third kappa shape index (κ3) is 6.12. The van der Waals surface area contributed by atoms with E-state index in [2.05, 4.69) is 20.2 Å². The van der Waals surface area contributed by atoms with Crippen molar-refractivity contribution in [3.05, 3.63) is 48.4 Å². The number of aliphatic hydroxyl groups is 2. The first-order valence-corrected chi connectivity index (χ1v) is 12.0. The second-order valence-corrected chi connectivity index (χ2v) is 9.27. The molecular weight excluding hydrogens is 477 g/mol. The van der Waals surface area contributed by atoms with Gasteiger partial charge in [-0.05, 0) is 44.0 Å². The summed E-state index contributed by atoms with van der Waals surface area (Å²) in [6.07, 6.45) is 0.00582. The van der Waals surface area contributed by atoms with Gasteiger partial charge in [0.25, 0.3) is 5.91 Å². The predicted octanol–water partition coefficient (Wildman–Crippen LogP) is 2.29. The van der Waals surface area contributed by atoms with Crippen LogP contribution in [0.25, 0.3) is 0 Å². The average molecular weight is 509 g/mol. The van der Waals surface area contributed by atoms with E-state index in [-0.39, 0.29) is 30.5 Å². The quantitative estimate of drug-likeness (QED) is 0.529. The molecule has 0 aromatic carbocycles. The Kier molecular flexibility index (Phi) is 7.79. The summed E-state index contributed by atoms with van der Waals surface area (Å²) in [4.78, 5) is 25.8. The summed E-state index contributed by atoms with van der Waals surface area (Å²) >= 11 is 0. The van der Waals surface area contributed by atoms with Gasteiger partial charge >= 0.3 is 6.18 Å². The lowest BCUT2D eigenvalue weighted by atomic mass is 10.0. The van der Waals surface area contributed by atoms with Crippen LogP contribution in [0.1, 0.15) is 36.7 Å². The standard InChI is InChI=1S/C24H31F3N6O3/c1-17(24(25,26)27)31-12-7-19(8-13-31)32-14-9-23(35,36)33(16-15-32)21-4-2-3-20(30-21)22(34)29-18-5-10-28-11-6-18/h2-6,10-11,17,19,35-36H,7-9,12-16H2,1H3,(H,28,29,34). The Morgan fingerprint density at radius 2 is 1.78 bits per heavy atom. The molecule has 36 heavy (non-hydrogen) atoms. The number of nitrogens with zero attached hydrogens (tertiary/aromatic N) is 5. The van der Waals surface area contributed by atoms with Crippen molar-refractivity contribution < 1.29 is 28.2 Å². The summed E-state index contributed by atoms with van der Waals surface area (Å²) in [7, 11) is 0. The highest BCUT2D eigenvalue weighted by Gasteiger charge is 2.42. The number of alkyl halides is 3. The summed E-state index contributed by atoms with van der Waals surface area (Å²) in [5.74, 6) is -2.38. The monoisotopic (exact) mass is 508 g/mol. The molecular formula is C24H31F3N6O3. The SMILES string of the molecule is CC(N1CCC(N2CCN(c3cccc(C(=O)Nc4ccncc4)n3)C(O)(O)CC2)CC1)C(F)(F)F. The Labute approximate surface area is 207 Å². The Bertz CT molecular complexity index is 1030. The van der Waals surface area contributed by atoms with Gasteiger partial charge < -0.3 is 20.4 Å². The number of likely N-dealkylation sites (tertiary alicyclic amines) is 1. The minimum Gasteiger partial charge on any atom is -0.349 e. The summed E-state index contributed by atoms with van der Waals surface area (Å²) in [6, 6.07) is 6.64. The van der Waals surface area contributed by atoms with Gasteiger partial charge in [0.05, 0.1) is 0 Å². The number of anilines is 2. The van der Waals surface area contributed by atoms with Crippen LogP contribution in [0.15, 0.2) is 42.7 Å². The molecule has 12 heteroatoms. The largest absolute Gasteiger partial charge is 0.403 e. The predicted molar refractivity (Wildman–Crippen MR) is 127 cm³/mol. The third-order valence-electron chi connectivity index (χ3n) is 7.00. The van der Waals surface area contributed by atoms with Crippen LogP contribution in [0.4, 0.5) is 24.7 Å². The molecule has 0 saturated carbocycles. The lowest BCUT2D eigenvalue weighted by Gasteiger charge is -2.40. The van der Waals surface area contributed by atoms with Crippen LogP contribution in [0.2, 0.25) is 0 Å². The van der Waals surface area contributed by atoms with Gasteiger partial charge in [-0.3, -0.25) is 19.6 Å². The number of nitrogens with one attached hydrogen (secondary N) is 1. The van der Waals surface area contributed by atoms with Crippen molar-refractivity contribution in [2.75, 3.05) is 42.9 Å². The molecule has 4 rings (SSSR count). The topological polar surface area (TPSA) is 105 Å². The number of aromatic nitrogens is 2. The van der Waals surface area contributed by atoms with E-state index in [1.165, 1.54) is 22.8 Å². The molecule has 9 nitrogen and oxygen atoms in total. The number of rotatable bonds is 5. The highest BCUT2D eigenvalue weighted by atomic mass is 19.4. The minimum absolute atomic E-state index is 0.00128. The average Bonchev–Trinajstić information content (AvgIpc) is 3.01. The van der Waals surface area contributed by atoms with E-state index in [4.69, 9.17) is 0 Å². The lowest BCUT2D eigenvalue weighted by molar-refractivity contribution is -0.182. The minimum atomic E-state index is -4.25. The molecule has 2 fully saturated rings. The van der Waals surface area contributed by atoms with Crippen molar-refractivity contribution in [1.82, 2.24) is 19.8 Å². The number of carbonyl (C=O) groups excluding carboxylic acids is 1. The summed E-state index contributed by atoms with van der Waals surface area (Å²) < 4.78 is 39.2. The summed E-state index contributed by atoms with van der Waals surface area (Å²) in [5, 5.41) is 24.4. The van der Waals surface area contributed by atoms with E-state index in [1.807, 2.05) is 0 Å². The summed E-state index contributed by atoms with van der Waals surface area (Å²) in [6.45, 7) is 2.96. The van der Waals surface area contributed by atoms with E-state index in [9.17, 15) is 28.2 Å². The molecule has 0 spiro atoms. The highest BCUT2D eigenvalue weighted by molar-refractivity contribution is 6.03. The van der Waals surface area contributed by atoms with Crippen LogP contribution in [0.5, 0.6) is 0 Å². The molecule has 2 aromatic heterocycles. The number of piperidine rings is 1. The van der Waals surface area contributed by atoms with Crippen LogP contribution in [0.3, 0.4) is 0 Å². The van der Waals surface area contributed by atoms with E-state index in [1.54, 1.807) is 36.7 Å². The van der Waals surface area contributed by atoms with Gasteiger partial charge in [0.2, 0.25) is 5.91 Å². The maximum Gasteiger partial charge on any atom is 0.403 e. The van der Waals surface area contributed by atoms with Crippen molar-refractivity contribution in [3.8, 4) is 0 Å². The van der Waals surface area contributed by atoms with Gasteiger partial charge in [-0.15, -0.1) is 0 Å². The van der Waals surface area contributed by atoms with Gasteiger partial charge in [-0.25, -0.2) is 4.98 Å². The van der Waals surface area contributed by atoms with Crippen LogP contribution in [0, 0.1) is 0 Å². The van der Waals surface area contributed by atoms with Crippen LogP contribution >= 0.6 is 0 Å². The van der Waals surface area contributed by atoms with Crippen LogP contribution < -0.4 is 10.2 Å². The first-order chi connectivity index (χ1) is 17.0. The molecule has 3 N–H and O–H groups in total. The fraction of sp³-hybridized carbons (Fsp3) is 0.542. The number of hydrogen-bond donors (Lipinski definition) is 3. The van der Waals surface area contributed by atoms with Crippen molar-refractivity contribution in [2.45, 2.75) is 50.4 Å². The maximum atomic E-state index is 13.1. The molecule has 0 bridgehead atoms. The zero-order chi connectivity index (χ0) is 25.9. The molecule has 2 aliphatic rings. The molecule has 2 aliphatic heterocycles. The lowest BCUT2D eigenvalue weighted by Crippen LogP contribution is -2.51. The van der Waals surface area contributed by atoms with Crippen LogP contribution in [-0.4, -0.2) is 92.8 Å². The maximum absolute atomic E-state index is 13.1. The molecule has 4 heterocycles. The number of amides is 1. The van der Waals surface area contributed by atoms with Crippen molar-refractivity contribution in [2.24, 2.45) is 0 Å². The number of pyridine rings is 2. The second-order valence-electron chi connectivity index (χ2n) is 9.27. The molecule has 1 amide bonds. The third-order valence-corrected chi connectivity index (χ3v) is 7.00. The van der Waals surface area contributed by atoms with Gasteiger partial charge in [-0.1, -0.05) is 6.07 Å². The zero-order valence-corrected chi connectivity index (χ0v) is 20.0. The van der Waals surface area contributed by atoms with E-state index in [0.717, 1.165) is 0 Å². The number of halogens is 3. The molecule has 0 radical (unpaired) electrons. The molecule has 1 atom stereocenters. The first kappa shape index (κ1) is 26.3. The zero-order valence-electron chi connectivity index (χ0n) is 20.0. The number of carbonyl (C=O) groups is 1. The Morgan fingerprint density at radius 1 is 1.08 bits per heavy atom. The van der Waals surface area contributed by atoms with Gasteiger partial charge in [-0.2, -0.15) is 13.2 Å². The van der Waals surface area contributed by atoms with Gasteiger partial charge in [0.15, 0.2) is 0 Å². The van der Waals surface area contributed by atoms with E-state index < -0.39 is 24.0 Å². The number of hydrogen-bond acceptors (Lipinski definition) is 8. The van der Waals surface area contributed by atoms with Crippen LogP contribution in [-0.2, 0) is 0 Å². The summed E-state index contributed by atoms with van der Waals surface area (Å²) in [5.41, 5.74) is 0.675. The molecule has 0 aliphatic carbocycles. The second kappa shape index (κ2) is 10.7. The Hall–Kier alpha value is -2.80. The normalized spacial score (nSPS) is 21.1. The molecule has 1 unspecified atom stereocenters. The van der Waals surface area contributed by atoms with Crippen molar-refractivity contribution >= 4 is 17.4 Å². The van der Waals surface area contributed by atoms with Crippen molar-refractivity contribution in [1.29, 1.82) is 0 Å². The fourth-order valence-corrected chi connectivity index (χ4v) is 4.79. The Morgan fingerprint density at radius 3 is 2.44 bits per heavy atom. The smallest absolute Gasteiger partial charge is 0.349 e. The molecule has 2 saturated heterocycles. The Balaban J connectivity index is 1.41.